The van der Waals surface area contributed by atoms with Gasteiger partial charge >= 0.3 is 6.01 Å². The number of benzene rings is 2. The van der Waals surface area contributed by atoms with Crippen LogP contribution in [0.25, 0.3) is 0 Å². The van der Waals surface area contributed by atoms with E-state index in [4.69, 9.17) is 9.47 Å². The fourth-order valence-electron chi connectivity index (χ4n) is 3.42. The molecule has 1 aliphatic rings. The molecule has 0 radical (unpaired) electrons. The molecule has 2 N–H and O–H groups in total. The zero-order valence-corrected chi connectivity index (χ0v) is 17.5. The van der Waals surface area contributed by atoms with Gasteiger partial charge in [0, 0.05) is 6.42 Å². The summed E-state index contributed by atoms with van der Waals surface area (Å²) in [6.45, 7) is 6.50. The van der Waals surface area contributed by atoms with Crippen LogP contribution in [0, 0.1) is 0 Å². The lowest BCUT2D eigenvalue weighted by Gasteiger charge is -2.18. The van der Waals surface area contributed by atoms with Crippen LogP contribution in [-0.4, -0.2) is 33.3 Å². The summed E-state index contributed by atoms with van der Waals surface area (Å²) in [5.41, 5.74) is 1.90. The molecule has 1 fully saturated rings. The topological polar surface area (TPSA) is 89.4 Å². The third-order valence-corrected chi connectivity index (χ3v) is 5.08. The molecule has 160 valence electrons. The van der Waals surface area contributed by atoms with Gasteiger partial charge in [0.05, 0.1) is 12.1 Å². The maximum atomic E-state index is 9.59. The maximum absolute atomic E-state index is 9.59. The molecule has 2 aromatic carbocycles. The average Bonchev–Trinajstić information content (AvgIpc) is 3.53. The summed E-state index contributed by atoms with van der Waals surface area (Å²) >= 11 is 0. The van der Waals surface area contributed by atoms with Crippen LogP contribution < -0.4 is 14.8 Å². The zero-order chi connectivity index (χ0) is 21.7. The fourth-order valence-corrected chi connectivity index (χ4v) is 3.42. The highest BCUT2D eigenvalue weighted by molar-refractivity contribution is 5.44. The van der Waals surface area contributed by atoms with Crippen molar-refractivity contribution in [2.75, 3.05) is 18.5 Å². The second kappa shape index (κ2) is 9.04. The Hall–Kier alpha value is -3.61. The summed E-state index contributed by atoms with van der Waals surface area (Å²) in [6.07, 6.45) is 4.17. The highest BCUT2D eigenvalue weighted by Gasteiger charge is 2.45. The Bertz CT molecular complexity index is 1050. The molecule has 0 bridgehead atoms. The summed E-state index contributed by atoms with van der Waals surface area (Å²) in [5.74, 6) is 2.13. The highest BCUT2D eigenvalue weighted by atomic mass is 16.5. The van der Waals surface area contributed by atoms with Crippen molar-refractivity contribution in [1.82, 2.24) is 15.0 Å². The van der Waals surface area contributed by atoms with E-state index in [1.165, 1.54) is 0 Å². The van der Waals surface area contributed by atoms with Gasteiger partial charge in [-0.3, -0.25) is 0 Å². The first kappa shape index (κ1) is 20.7. The first-order valence-electron chi connectivity index (χ1n) is 10.4. The van der Waals surface area contributed by atoms with Gasteiger partial charge in [-0.25, -0.2) is 0 Å². The van der Waals surface area contributed by atoms with E-state index < -0.39 is 0 Å². The SMILES string of the molecule is C=CCOc1cccc(Cc2nc(NC3(c4ccc(O)cc4)CC3)nc(OCC)n2)c1. The van der Waals surface area contributed by atoms with Gasteiger partial charge in [-0.05, 0) is 55.2 Å². The first-order valence-corrected chi connectivity index (χ1v) is 10.4. The van der Waals surface area contributed by atoms with Gasteiger partial charge < -0.3 is 19.9 Å². The van der Waals surface area contributed by atoms with Gasteiger partial charge in [-0.15, -0.1) is 0 Å². The minimum absolute atomic E-state index is 0.228. The molecule has 7 nitrogen and oxygen atoms in total. The van der Waals surface area contributed by atoms with Crippen LogP contribution in [0.4, 0.5) is 5.95 Å². The van der Waals surface area contributed by atoms with Crippen LogP contribution in [0.5, 0.6) is 17.5 Å². The summed E-state index contributed by atoms with van der Waals surface area (Å²) < 4.78 is 11.2. The Balaban J connectivity index is 1.57. The molecule has 1 aliphatic carbocycles. The normalized spacial score (nSPS) is 14.0. The Morgan fingerprint density at radius 1 is 1.10 bits per heavy atom. The number of nitrogens with one attached hydrogen (secondary N) is 1. The van der Waals surface area contributed by atoms with Crippen molar-refractivity contribution in [3.05, 3.63) is 78.1 Å². The van der Waals surface area contributed by atoms with Crippen molar-refractivity contribution in [3.8, 4) is 17.5 Å². The van der Waals surface area contributed by atoms with Crippen LogP contribution in [0.2, 0.25) is 0 Å². The molecule has 3 aromatic rings. The second-order valence-corrected chi connectivity index (χ2v) is 7.47. The lowest BCUT2D eigenvalue weighted by molar-refractivity contribution is 0.310. The van der Waals surface area contributed by atoms with Gasteiger partial charge in [0.1, 0.15) is 23.9 Å². The molecule has 0 saturated heterocycles. The van der Waals surface area contributed by atoms with E-state index in [9.17, 15) is 5.11 Å². The predicted molar refractivity (Wildman–Crippen MR) is 119 cm³/mol. The third kappa shape index (κ3) is 5.12. The quantitative estimate of drug-likeness (QED) is 0.476. The first-order chi connectivity index (χ1) is 15.1. The van der Waals surface area contributed by atoms with Crippen LogP contribution >= 0.6 is 0 Å². The smallest absolute Gasteiger partial charge is 0.321 e. The molecule has 0 aliphatic heterocycles. The van der Waals surface area contributed by atoms with Gasteiger partial charge in [0.2, 0.25) is 5.95 Å². The van der Waals surface area contributed by atoms with E-state index in [2.05, 4.69) is 26.8 Å². The minimum Gasteiger partial charge on any atom is -0.508 e. The summed E-state index contributed by atoms with van der Waals surface area (Å²) in [6, 6.07) is 15.4. The number of aromatic hydroxyl groups is 1. The molecule has 7 heteroatoms. The molecule has 1 heterocycles. The van der Waals surface area contributed by atoms with Crippen molar-refractivity contribution >= 4 is 5.95 Å². The Kier molecular flexibility index (Phi) is 6.02. The van der Waals surface area contributed by atoms with Gasteiger partial charge in [-0.2, -0.15) is 15.0 Å². The number of ether oxygens (including phenoxy) is 2. The van der Waals surface area contributed by atoms with E-state index >= 15 is 0 Å². The Morgan fingerprint density at radius 2 is 1.90 bits per heavy atom. The molecule has 31 heavy (non-hydrogen) atoms. The number of hydrogen-bond donors (Lipinski definition) is 2. The second-order valence-electron chi connectivity index (χ2n) is 7.47. The number of hydrogen-bond acceptors (Lipinski definition) is 7. The monoisotopic (exact) mass is 418 g/mol. The summed E-state index contributed by atoms with van der Waals surface area (Å²) in [7, 11) is 0. The van der Waals surface area contributed by atoms with Gasteiger partial charge in [0.25, 0.3) is 0 Å². The summed E-state index contributed by atoms with van der Waals surface area (Å²) in [4.78, 5) is 13.6. The minimum atomic E-state index is -0.228. The number of aromatic nitrogens is 3. The number of anilines is 1. The van der Waals surface area contributed by atoms with Crippen molar-refractivity contribution < 1.29 is 14.6 Å². The molecule has 4 rings (SSSR count). The lowest BCUT2D eigenvalue weighted by atomic mass is 10.1. The van der Waals surface area contributed by atoms with Crippen LogP contribution in [-0.2, 0) is 12.0 Å². The van der Waals surface area contributed by atoms with Crippen LogP contribution in [0.1, 0.15) is 36.7 Å². The largest absolute Gasteiger partial charge is 0.508 e. The fraction of sp³-hybridized carbons (Fsp3) is 0.292. The van der Waals surface area contributed by atoms with Crippen molar-refractivity contribution in [3.63, 3.8) is 0 Å². The average molecular weight is 418 g/mol. The molecule has 0 unspecified atom stereocenters. The highest BCUT2D eigenvalue weighted by Crippen LogP contribution is 2.48. The van der Waals surface area contributed by atoms with E-state index in [0.717, 1.165) is 29.7 Å². The predicted octanol–water partition coefficient (Wildman–Crippen LogP) is 4.23. The van der Waals surface area contributed by atoms with E-state index in [1.54, 1.807) is 18.2 Å². The van der Waals surface area contributed by atoms with E-state index in [1.807, 2.05) is 43.3 Å². The van der Waals surface area contributed by atoms with Crippen molar-refractivity contribution in [2.24, 2.45) is 0 Å². The Labute approximate surface area is 181 Å². The summed E-state index contributed by atoms with van der Waals surface area (Å²) in [5, 5.41) is 13.1. The van der Waals surface area contributed by atoms with Gasteiger partial charge in [0.15, 0.2) is 0 Å². The molecule has 0 atom stereocenters. The number of rotatable bonds is 10. The number of phenols is 1. The van der Waals surface area contributed by atoms with E-state index in [-0.39, 0.29) is 11.3 Å². The molecular formula is C24H26N4O3. The third-order valence-electron chi connectivity index (χ3n) is 5.08. The van der Waals surface area contributed by atoms with Crippen molar-refractivity contribution in [2.45, 2.75) is 31.7 Å². The standard InChI is InChI=1S/C24H26N4O3/c1-3-14-31-20-7-5-6-17(15-20)16-21-25-22(27-23(26-21)30-4-2)28-24(12-13-24)18-8-10-19(29)11-9-18/h3,5-11,15,29H,1,4,12-14,16H2,2H3,(H,25,26,27,28). The molecule has 1 aromatic heterocycles. The zero-order valence-electron chi connectivity index (χ0n) is 17.5. The van der Waals surface area contributed by atoms with Crippen molar-refractivity contribution in [1.29, 1.82) is 0 Å². The number of nitrogens with zero attached hydrogens (tertiary/aromatic N) is 3. The maximum Gasteiger partial charge on any atom is 0.321 e. The van der Waals surface area contributed by atoms with E-state index in [0.29, 0.717) is 37.4 Å². The molecular weight excluding hydrogens is 392 g/mol. The molecule has 0 spiro atoms. The molecule has 0 amide bonds. The lowest BCUT2D eigenvalue weighted by Crippen LogP contribution is -2.21. The van der Waals surface area contributed by atoms with Gasteiger partial charge in [-0.1, -0.05) is 36.9 Å². The Morgan fingerprint density at radius 3 is 2.61 bits per heavy atom. The van der Waals surface area contributed by atoms with Crippen LogP contribution in [0.15, 0.2) is 61.2 Å². The number of phenolic OH excluding ortho intramolecular Hbond substituents is 1. The molecule has 1 saturated carbocycles. The van der Waals surface area contributed by atoms with Crippen LogP contribution in [0.3, 0.4) is 0 Å².